The van der Waals surface area contributed by atoms with Crippen molar-refractivity contribution in [2.75, 3.05) is 4.31 Å². The first-order chi connectivity index (χ1) is 18.0. The van der Waals surface area contributed by atoms with Gasteiger partial charge in [-0.3, -0.25) is 0 Å². The number of hydrogen-bond acceptors (Lipinski definition) is 2. The normalized spacial score (nSPS) is 14.1. The van der Waals surface area contributed by atoms with Crippen LogP contribution in [-0.2, 0) is 10.0 Å². The molecule has 0 radical (unpaired) electrons. The van der Waals surface area contributed by atoms with E-state index in [1.165, 1.54) is 10.4 Å². The van der Waals surface area contributed by atoms with E-state index in [9.17, 15) is 8.42 Å². The second kappa shape index (κ2) is 9.13. The first-order valence-corrected chi connectivity index (χ1v) is 16.3. The third-order valence-electron chi connectivity index (χ3n) is 7.09. The Bertz CT molecular complexity index is 1670. The number of rotatable bonds is 4. The van der Waals surface area contributed by atoms with E-state index < -0.39 is 18.1 Å². The van der Waals surface area contributed by atoms with E-state index in [1.54, 1.807) is 16.4 Å². The fourth-order valence-corrected chi connectivity index (χ4v) is 13.2. The number of sulfonamides is 1. The quantitative estimate of drug-likeness (QED) is 0.281. The van der Waals surface area contributed by atoms with Gasteiger partial charge in [0.05, 0.1) is 16.3 Å². The molecule has 3 nitrogen and oxygen atoms in total. The summed E-state index contributed by atoms with van der Waals surface area (Å²) >= 11 is 3.76. The van der Waals surface area contributed by atoms with Crippen molar-refractivity contribution in [3.05, 3.63) is 137 Å². The van der Waals surface area contributed by atoms with Gasteiger partial charge >= 0.3 is 0 Å². The van der Waals surface area contributed by atoms with Gasteiger partial charge in [-0.15, -0.1) is 0 Å². The number of benzene rings is 5. The Kier molecular flexibility index (Phi) is 5.90. The van der Waals surface area contributed by atoms with Gasteiger partial charge in [0.25, 0.3) is 10.0 Å². The first-order valence-electron chi connectivity index (χ1n) is 12.1. The molecule has 0 saturated heterocycles. The molecule has 0 saturated carbocycles. The predicted molar refractivity (Wildman–Crippen MR) is 158 cm³/mol. The van der Waals surface area contributed by atoms with E-state index in [0.717, 1.165) is 20.4 Å². The molecular formula is C31H24BrNO2SSi. The van der Waals surface area contributed by atoms with E-state index in [-0.39, 0.29) is 4.90 Å². The monoisotopic (exact) mass is 581 g/mol. The minimum absolute atomic E-state index is 0.267. The summed E-state index contributed by atoms with van der Waals surface area (Å²) in [6, 6.07) is 42.2. The van der Waals surface area contributed by atoms with Crippen LogP contribution >= 0.6 is 15.9 Å². The van der Waals surface area contributed by atoms with Crippen LogP contribution in [0.2, 0.25) is 0 Å². The van der Waals surface area contributed by atoms with E-state index in [2.05, 4.69) is 76.6 Å². The fraction of sp³-hybridized carbons (Fsp3) is 0.0323. The van der Waals surface area contributed by atoms with Gasteiger partial charge in [-0.1, -0.05) is 109 Å². The zero-order chi connectivity index (χ0) is 25.6. The zero-order valence-electron chi connectivity index (χ0n) is 20.2. The van der Waals surface area contributed by atoms with Crippen LogP contribution in [0.25, 0.3) is 0 Å². The van der Waals surface area contributed by atoms with Gasteiger partial charge < -0.3 is 0 Å². The van der Waals surface area contributed by atoms with Crippen LogP contribution in [0.5, 0.6) is 0 Å². The van der Waals surface area contributed by atoms with Crippen LogP contribution in [0.1, 0.15) is 5.56 Å². The van der Waals surface area contributed by atoms with Crippen LogP contribution in [0.4, 0.5) is 11.4 Å². The minimum atomic E-state index is -3.92. The molecule has 0 amide bonds. The number of fused-ring (bicyclic) bond motifs is 2. The van der Waals surface area contributed by atoms with Crippen molar-refractivity contribution in [3.63, 3.8) is 0 Å². The molecule has 0 fully saturated rings. The molecule has 0 spiro atoms. The van der Waals surface area contributed by atoms with Crippen molar-refractivity contribution >= 4 is 66.1 Å². The lowest BCUT2D eigenvalue weighted by atomic mass is 10.2. The largest absolute Gasteiger partial charge is 0.268 e. The highest BCUT2D eigenvalue weighted by molar-refractivity contribution is 9.10. The fourth-order valence-electron chi connectivity index (χ4n) is 5.49. The Balaban J connectivity index is 1.77. The van der Waals surface area contributed by atoms with Gasteiger partial charge in [-0.25, -0.2) is 12.7 Å². The summed E-state index contributed by atoms with van der Waals surface area (Å²) in [5, 5.41) is 4.50. The zero-order valence-corrected chi connectivity index (χ0v) is 23.6. The van der Waals surface area contributed by atoms with Crippen molar-refractivity contribution < 1.29 is 8.42 Å². The summed E-state index contributed by atoms with van der Waals surface area (Å²) in [5.41, 5.74) is 2.39. The molecule has 6 rings (SSSR count). The highest BCUT2D eigenvalue weighted by Gasteiger charge is 2.51. The number of para-hydroxylation sites is 2. The minimum Gasteiger partial charge on any atom is -0.234 e. The molecule has 1 aliphatic rings. The topological polar surface area (TPSA) is 37.4 Å². The molecule has 1 heterocycles. The van der Waals surface area contributed by atoms with E-state index in [1.807, 2.05) is 61.5 Å². The lowest BCUT2D eigenvalue weighted by Crippen LogP contribution is -2.77. The Labute approximate surface area is 227 Å². The number of nitrogens with zero attached hydrogens (tertiary/aromatic N) is 1. The average molecular weight is 583 g/mol. The van der Waals surface area contributed by atoms with Crippen LogP contribution in [0.3, 0.4) is 0 Å². The number of aryl methyl sites for hydroxylation is 1. The Morgan fingerprint density at radius 1 is 0.622 bits per heavy atom. The Morgan fingerprint density at radius 2 is 1.16 bits per heavy atom. The van der Waals surface area contributed by atoms with Gasteiger partial charge in [0.15, 0.2) is 8.07 Å². The predicted octanol–water partition coefficient (Wildman–Crippen LogP) is 4.98. The van der Waals surface area contributed by atoms with Crippen molar-refractivity contribution in [1.29, 1.82) is 0 Å². The molecule has 182 valence electrons. The smallest absolute Gasteiger partial charge is 0.234 e. The Hall–Kier alpha value is -3.45. The lowest BCUT2D eigenvalue weighted by Gasteiger charge is -2.44. The highest BCUT2D eigenvalue weighted by atomic mass is 79.9. The van der Waals surface area contributed by atoms with Crippen molar-refractivity contribution in [3.8, 4) is 0 Å². The van der Waals surface area contributed by atoms with Crippen molar-refractivity contribution in [2.24, 2.45) is 0 Å². The van der Waals surface area contributed by atoms with Crippen LogP contribution in [0, 0.1) is 6.92 Å². The van der Waals surface area contributed by atoms with Crippen LogP contribution < -0.4 is 25.1 Å². The molecule has 0 bridgehead atoms. The first kappa shape index (κ1) is 23.9. The maximum atomic E-state index is 14.4. The third-order valence-corrected chi connectivity index (χ3v) is 14.3. The Morgan fingerprint density at radius 3 is 1.78 bits per heavy atom. The second-order valence-corrected chi connectivity index (χ2v) is 15.6. The maximum absolute atomic E-state index is 14.4. The molecule has 0 atom stereocenters. The second-order valence-electron chi connectivity index (χ2n) is 9.22. The van der Waals surface area contributed by atoms with Gasteiger partial charge in [-0.2, -0.15) is 0 Å². The van der Waals surface area contributed by atoms with Gasteiger partial charge in [0.1, 0.15) is 0 Å². The molecule has 5 aromatic carbocycles. The number of halogens is 1. The summed E-state index contributed by atoms with van der Waals surface area (Å²) < 4.78 is 31.1. The van der Waals surface area contributed by atoms with Crippen molar-refractivity contribution in [2.45, 2.75) is 11.8 Å². The van der Waals surface area contributed by atoms with Gasteiger partial charge in [-0.05, 0) is 67.9 Å². The highest BCUT2D eigenvalue weighted by Crippen LogP contribution is 2.40. The molecule has 6 heteroatoms. The summed E-state index contributed by atoms with van der Waals surface area (Å²) in [4.78, 5) is 0.267. The maximum Gasteiger partial charge on any atom is 0.268 e. The summed E-state index contributed by atoms with van der Waals surface area (Å²) in [7, 11) is -6.79. The van der Waals surface area contributed by atoms with Gasteiger partial charge in [0.2, 0.25) is 0 Å². The SMILES string of the molecule is Cc1ccc(S(=O)(=O)N2c3ccccc3[Si](c3ccccc3)(c3ccccc3)c3cccc(Br)c32)cc1. The van der Waals surface area contributed by atoms with Crippen molar-refractivity contribution in [1.82, 2.24) is 0 Å². The number of hydrogen-bond donors (Lipinski definition) is 0. The van der Waals surface area contributed by atoms with Crippen LogP contribution in [-0.4, -0.2) is 16.5 Å². The third kappa shape index (κ3) is 3.62. The summed E-state index contributed by atoms with van der Waals surface area (Å²) in [5.74, 6) is 0. The molecule has 0 aliphatic carbocycles. The average Bonchev–Trinajstić information content (AvgIpc) is 2.93. The molecule has 0 unspecified atom stereocenters. The van der Waals surface area contributed by atoms with Crippen LogP contribution in [0.15, 0.2) is 137 Å². The van der Waals surface area contributed by atoms with E-state index in [4.69, 9.17) is 0 Å². The van der Waals surface area contributed by atoms with E-state index >= 15 is 0 Å². The van der Waals surface area contributed by atoms with E-state index in [0.29, 0.717) is 11.4 Å². The molecule has 5 aromatic rings. The standard InChI is InChI=1S/C31H24BrNO2SSi/c1-23-19-21-24(22-20-23)36(34,35)33-28-16-8-9-17-29(28)37(25-11-4-2-5-12-25,26-13-6-3-7-14-26)30-18-10-15-27(32)31(30)33/h2-22H,1H3. The molecule has 0 N–H and O–H groups in total. The number of anilines is 2. The molecular weight excluding hydrogens is 558 g/mol. The lowest BCUT2D eigenvalue weighted by molar-refractivity contribution is 0.596. The summed E-state index contributed by atoms with van der Waals surface area (Å²) in [6.45, 7) is 1.96. The summed E-state index contributed by atoms with van der Waals surface area (Å²) in [6.07, 6.45) is 0. The molecule has 37 heavy (non-hydrogen) atoms. The van der Waals surface area contributed by atoms with Gasteiger partial charge in [0, 0.05) is 4.47 Å². The molecule has 1 aliphatic heterocycles. The molecule has 0 aromatic heterocycles.